The summed E-state index contributed by atoms with van der Waals surface area (Å²) in [5, 5.41) is 12.9. The molecule has 0 unspecified atom stereocenters. The van der Waals surface area contributed by atoms with Gasteiger partial charge >= 0.3 is 0 Å². The number of morpholine rings is 1. The van der Waals surface area contributed by atoms with E-state index in [2.05, 4.69) is 11.4 Å². The molecule has 0 radical (unpaired) electrons. The Labute approximate surface area is 162 Å². The van der Waals surface area contributed by atoms with Gasteiger partial charge in [-0.15, -0.1) is 0 Å². The van der Waals surface area contributed by atoms with Crippen LogP contribution in [0.1, 0.15) is 17.9 Å². The zero-order valence-electron chi connectivity index (χ0n) is 15.1. The van der Waals surface area contributed by atoms with Gasteiger partial charge in [0.05, 0.1) is 42.7 Å². The van der Waals surface area contributed by atoms with Gasteiger partial charge in [0.15, 0.2) is 0 Å². The first-order valence-corrected chi connectivity index (χ1v) is 9.67. The molecule has 2 aliphatic heterocycles. The number of allylic oxidation sites excluding steroid dienone is 1. The van der Waals surface area contributed by atoms with E-state index < -0.39 is 0 Å². The van der Waals surface area contributed by atoms with Crippen LogP contribution in [0.2, 0.25) is 0 Å². The number of nitrogens with one attached hydrogen (secondary N) is 1. The van der Waals surface area contributed by atoms with Gasteiger partial charge in [-0.3, -0.25) is 9.59 Å². The van der Waals surface area contributed by atoms with E-state index in [1.807, 2.05) is 24.3 Å². The fourth-order valence-electron chi connectivity index (χ4n) is 3.09. The molecule has 1 aromatic carbocycles. The molecule has 2 heterocycles. The second-order valence-electron chi connectivity index (χ2n) is 6.21. The zero-order chi connectivity index (χ0) is 19.2. The van der Waals surface area contributed by atoms with Gasteiger partial charge in [0.1, 0.15) is 5.75 Å². The molecule has 0 saturated carbocycles. The van der Waals surface area contributed by atoms with Crippen molar-refractivity contribution in [3.8, 4) is 11.8 Å². The van der Waals surface area contributed by atoms with E-state index in [0.717, 1.165) is 5.56 Å². The van der Waals surface area contributed by atoms with Crippen molar-refractivity contribution in [1.82, 2.24) is 10.2 Å². The number of hydrogen-bond acceptors (Lipinski definition) is 6. The lowest BCUT2D eigenvalue weighted by molar-refractivity contribution is -0.132. The molecule has 2 aliphatic rings. The quantitative estimate of drug-likeness (QED) is 0.826. The van der Waals surface area contributed by atoms with E-state index in [0.29, 0.717) is 42.7 Å². The highest BCUT2D eigenvalue weighted by molar-refractivity contribution is 8.03. The molecule has 1 atom stereocenters. The molecule has 2 amide bonds. The summed E-state index contributed by atoms with van der Waals surface area (Å²) in [7, 11) is 1.59. The standard InChI is InChI=1S/C19H21N3O4S/c1-25-14-4-2-13(3-5-14)15-10-17(23)21-19(16(15)11-20)27-12-18(24)22-6-8-26-9-7-22/h2-5,15H,6-10,12H2,1H3,(H,21,23)/t15-/m1/s1. The topological polar surface area (TPSA) is 91.7 Å². The smallest absolute Gasteiger partial charge is 0.233 e. The number of carbonyl (C=O) groups excluding carboxylic acids is 2. The number of rotatable bonds is 5. The monoisotopic (exact) mass is 387 g/mol. The molecule has 8 heteroatoms. The maximum atomic E-state index is 12.4. The van der Waals surface area contributed by atoms with E-state index in [9.17, 15) is 14.9 Å². The molecule has 7 nitrogen and oxygen atoms in total. The molecule has 0 aliphatic carbocycles. The summed E-state index contributed by atoms with van der Waals surface area (Å²) < 4.78 is 10.4. The summed E-state index contributed by atoms with van der Waals surface area (Å²) >= 11 is 1.21. The van der Waals surface area contributed by atoms with Gasteiger partial charge in [-0.25, -0.2) is 0 Å². The number of carbonyl (C=O) groups is 2. The van der Waals surface area contributed by atoms with Crippen molar-refractivity contribution in [1.29, 1.82) is 5.26 Å². The van der Waals surface area contributed by atoms with Gasteiger partial charge in [0, 0.05) is 25.4 Å². The molecule has 1 aromatic rings. The number of nitriles is 1. The molecule has 3 rings (SSSR count). The first-order chi connectivity index (χ1) is 13.1. The summed E-state index contributed by atoms with van der Waals surface area (Å²) in [6.07, 6.45) is 0.205. The van der Waals surface area contributed by atoms with Crippen LogP contribution in [-0.4, -0.2) is 55.9 Å². The third-order valence-electron chi connectivity index (χ3n) is 4.58. The first-order valence-electron chi connectivity index (χ1n) is 8.68. The maximum Gasteiger partial charge on any atom is 0.233 e. The van der Waals surface area contributed by atoms with E-state index in [1.54, 1.807) is 12.0 Å². The van der Waals surface area contributed by atoms with Crippen molar-refractivity contribution < 1.29 is 19.1 Å². The van der Waals surface area contributed by atoms with Crippen molar-refractivity contribution in [3.63, 3.8) is 0 Å². The molecule has 27 heavy (non-hydrogen) atoms. The zero-order valence-corrected chi connectivity index (χ0v) is 15.9. The van der Waals surface area contributed by atoms with E-state index in [-0.39, 0.29) is 29.9 Å². The average Bonchev–Trinajstić information content (AvgIpc) is 2.72. The van der Waals surface area contributed by atoms with Crippen LogP contribution in [0.4, 0.5) is 0 Å². The number of nitrogens with zero attached hydrogens (tertiary/aromatic N) is 2. The van der Waals surface area contributed by atoms with Gasteiger partial charge in [-0.05, 0) is 17.7 Å². The highest BCUT2D eigenvalue weighted by Crippen LogP contribution is 2.36. The highest BCUT2D eigenvalue weighted by atomic mass is 32.2. The Hall–Kier alpha value is -2.50. The van der Waals surface area contributed by atoms with Crippen molar-refractivity contribution >= 4 is 23.6 Å². The lowest BCUT2D eigenvalue weighted by Crippen LogP contribution is -2.42. The summed E-state index contributed by atoms with van der Waals surface area (Å²) in [4.78, 5) is 26.3. The molecule has 142 valence electrons. The molecule has 0 spiro atoms. The third kappa shape index (κ3) is 4.62. The van der Waals surface area contributed by atoms with Crippen molar-refractivity contribution in [2.45, 2.75) is 12.3 Å². The number of benzene rings is 1. The summed E-state index contributed by atoms with van der Waals surface area (Å²) in [5.41, 5.74) is 1.36. The molecular formula is C19H21N3O4S. The average molecular weight is 387 g/mol. The summed E-state index contributed by atoms with van der Waals surface area (Å²) in [6, 6.07) is 9.57. The third-order valence-corrected chi connectivity index (χ3v) is 5.58. The van der Waals surface area contributed by atoms with Crippen LogP contribution in [0.5, 0.6) is 5.75 Å². The minimum atomic E-state index is -0.323. The molecule has 1 saturated heterocycles. The fraction of sp³-hybridized carbons (Fsp3) is 0.421. The number of amides is 2. The molecular weight excluding hydrogens is 366 g/mol. The molecule has 0 aromatic heterocycles. The first kappa shape index (κ1) is 19.3. The summed E-state index contributed by atoms with van der Waals surface area (Å²) in [5.74, 6) is 0.392. The lowest BCUT2D eigenvalue weighted by atomic mass is 9.87. The number of thioether (sulfide) groups is 1. The van der Waals surface area contributed by atoms with Crippen LogP contribution in [-0.2, 0) is 14.3 Å². The van der Waals surface area contributed by atoms with Gasteiger partial charge in [0.2, 0.25) is 11.8 Å². The van der Waals surface area contributed by atoms with Gasteiger partial charge in [-0.1, -0.05) is 23.9 Å². The molecule has 1 N–H and O–H groups in total. The highest BCUT2D eigenvalue weighted by Gasteiger charge is 2.30. The number of ether oxygens (including phenoxy) is 2. The van der Waals surface area contributed by atoms with E-state index in [1.165, 1.54) is 11.8 Å². The Morgan fingerprint density at radius 2 is 2.07 bits per heavy atom. The number of hydrogen-bond donors (Lipinski definition) is 1. The van der Waals surface area contributed by atoms with Gasteiger partial charge in [-0.2, -0.15) is 5.26 Å². The Bertz CT molecular complexity index is 779. The summed E-state index contributed by atoms with van der Waals surface area (Å²) in [6.45, 7) is 2.23. The molecule has 0 bridgehead atoms. The Kier molecular flexibility index (Phi) is 6.37. The van der Waals surface area contributed by atoms with Crippen LogP contribution in [0.3, 0.4) is 0 Å². The Morgan fingerprint density at radius 3 is 2.70 bits per heavy atom. The number of methoxy groups -OCH3 is 1. The fourth-order valence-corrected chi connectivity index (χ4v) is 4.07. The lowest BCUT2D eigenvalue weighted by Gasteiger charge is -2.28. The van der Waals surface area contributed by atoms with Crippen LogP contribution in [0, 0.1) is 11.3 Å². The van der Waals surface area contributed by atoms with Gasteiger partial charge in [0.25, 0.3) is 0 Å². The van der Waals surface area contributed by atoms with Crippen LogP contribution in [0.15, 0.2) is 34.9 Å². The van der Waals surface area contributed by atoms with Crippen molar-refractivity contribution in [2.24, 2.45) is 0 Å². The minimum absolute atomic E-state index is 0.0195. The van der Waals surface area contributed by atoms with Crippen LogP contribution >= 0.6 is 11.8 Å². The Balaban J connectivity index is 1.76. The van der Waals surface area contributed by atoms with Crippen molar-refractivity contribution in [3.05, 3.63) is 40.4 Å². The maximum absolute atomic E-state index is 12.4. The minimum Gasteiger partial charge on any atom is -0.497 e. The van der Waals surface area contributed by atoms with Crippen molar-refractivity contribution in [2.75, 3.05) is 39.2 Å². The normalized spacial score (nSPS) is 20.1. The predicted molar refractivity (Wildman–Crippen MR) is 101 cm³/mol. The van der Waals surface area contributed by atoms with Crippen LogP contribution < -0.4 is 10.1 Å². The van der Waals surface area contributed by atoms with E-state index in [4.69, 9.17) is 9.47 Å². The SMILES string of the molecule is COc1ccc([C@H]2CC(=O)NC(SCC(=O)N3CCOCC3)=C2C#N)cc1. The second-order valence-corrected chi connectivity index (χ2v) is 7.20. The van der Waals surface area contributed by atoms with Gasteiger partial charge < -0.3 is 19.7 Å². The van der Waals surface area contributed by atoms with E-state index >= 15 is 0 Å². The largest absolute Gasteiger partial charge is 0.497 e. The van der Waals surface area contributed by atoms with Crippen LogP contribution in [0.25, 0.3) is 0 Å². The molecule has 1 fully saturated rings. The predicted octanol–water partition coefficient (Wildman–Crippen LogP) is 1.63. The second kappa shape index (κ2) is 8.93. The Morgan fingerprint density at radius 1 is 1.37 bits per heavy atom.